The van der Waals surface area contributed by atoms with Gasteiger partial charge in [0.2, 0.25) is 5.91 Å². The molecule has 0 aliphatic heterocycles. The van der Waals surface area contributed by atoms with Crippen molar-refractivity contribution in [3.05, 3.63) is 48.0 Å². The summed E-state index contributed by atoms with van der Waals surface area (Å²) in [7, 11) is 0. The predicted molar refractivity (Wildman–Crippen MR) is 88.7 cm³/mol. The minimum absolute atomic E-state index is 0. The molecule has 0 radical (unpaired) electrons. The van der Waals surface area contributed by atoms with E-state index >= 15 is 0 Å². The molecule has 0 bridgehead atoms. The number of carbonyl (C=O) groups excluding carboxylic acids is 1. The minimum atomic E-state index is -0.158. The zero-order chi connectivity index (χ0) is 14.0. The Balaban J connectivity index is 0.00000161. The monoisotopic (exact) mass is 304 g/mol. The van der Waals surface area contributed by atoms with Crippen LogP contribution < -0.4 is 11.1 Å². The highest BCUT2D eigenvalue weighted by molar-refractivity contribution is 5.90. The normalized spacial score (nSPS) is 15.9. The Hall–Kier alpha value is -1.58. The van der Waals surface area contributed by atoms with E-state index in [0.29, 0.717) is 13.0 Å². The first-order valence-electron chi connectivity index (χ1n) is 7.19. The summed E-state index contributed by atoms with van der Waals surface area (Å²) < 4.78 is 0. The van der Waals surface area contributed by atoms with E-state index in [1.54, 1.807) is 0 Å². The van der Waals surface area contributed by atoms with Crippen LogP contribution in [0.1, 0.15) is 24.8 Å². The van der Waals surface area contributed by atoms with Crippen LogP contribution in [-0.4, -0.2) is 18.0 Å². The molecule has 21 heavy (non-hydrogen) atoms. The second-order valence-electron chi connectivity index (χ2n) is 5.81. The average molecular weight is 305 g/mol. The van der Waals surface area contributed by atoms with Crippen molar-refractivity contribution in [1.29, 1.82) is 0 Å². The summed E-state index contributed by atoms with van der Waals surface area (Å²) in [5, 5.41) is 5.30. The third-order valence-electron chi connectivity index (χ3n) is 4.22. The van der Waals surface area contributed by atoms with Gasteiger partial charge in [0.25, 0.3) is 0 Å². The van der Waals surface area contributed by atoms with Crippen molar-refractivity contribution in [2.24, 2.45) is 5.73 Å². The Morgan fingerprint density at radius 1 is 1.14 bits per heavy atom. The van der Waals surface area contributed by atoms with Gasteiger partial charge in [0, 0.05) is 12.1 Å². The molecular weight excluding hydrogens is 284 g/mol. The van der Waals surface area contributed by atoms with Gasteiger partial charge < -0.3 is 11.1 Å². The summed E-state index contributed by atoms with van der Waals surface area (Å²) in [6.45, 7) is 0.594. The maximum atomic E-state index is 12.1. The minimum Gasteiger partial charge on any atom is -0.354 e. The maximum Gasteiger partial charge on any atom is 0.224 e. The average Bonchev–Trinajstić information content (AvgIpc) is 2.43. The van der Waals surface area contributed by atoms with E-state index < -0.39 is 0 Å². The van der Waals surface area contributed by atoms with Crippen molar-refractivity contribution in [2.45, 2.75) is 31.2 Å². The van der Waals surface area contributed by atoms with Crippen LogP contribution in [0.2, 0.25) is 0 Å². The predicted octanol–water partition coefficient (Wildman–Crippen LogP) is 2.80. The standard InChI is InChI=1S/C17H20N2O.ClH/c18-17(9-4-10-17)12-19-16(20)11-14-7-3-6-13-5-1-2-8-15(13)14;/h1-3,5-8H,4,9-12,18H2,(H,19,20);1H. The third-order valence-corrected chi connectivity index (χ3v) is 4.22. The van der Waals surface area contributed by atoms with Crippen LogP contribution in [0.4, 0.5) is 0 Å². The number of hydrogen-bond acceptors (Lipinski definition) is 2. The molecule has 0 saturated heterocycles. The number of nitrogens with two attached hydrogens (primary N) is 1. The van der Waals surface area contributed by atoms with Crippen molar-refractivity contribution < 1.29 is 4.79 Å². The summed E-state index contributed by atoms with van der Waals surface area (Å²) in [6, 6.07) is 14.2. The van der Waals surface area contributed by atoms with Gasteiger partial charge in [0.05, 0.1) is 6.42 Å². The zero-order valence-corrected chi connectivity index (χ0v) is 12.8. The van der Waals surface area contributed by atoms with Gasteiger partial charge in [-0.05, 0) is 35.6 Å². The number of nitrogens with one attached hydrogen (secondary N) is 1. The van der Waals surface area contributed by atoms with E-state index in [0.717, 1.165) is 23.8 Å². The first kappa shape index (κ1) is 15.8. The van der Waals surface area contributed by atoms with Gasteiger partial charge in [0.15, 0.2) is 0 Å². The molecule has 2 aromatic rings. The summed E-state index contributed by atoms with van der Waals surface area (Å²) in [6.07, 6.45) is 3.62. The fourth-order valence-electron chi connectivity index (χ4n) is 2.76. The highest BCUT2D eigenvalue weighted by atomic mass is 35.5. The zero-order valence-electron chi connectivity index (χ0n) is 12.0. The fourth-order valence-corrected chi connectivity index (χ4v) is 2.76. The SMILES string of the molecule is Cl.NC1(CNC(=O)Cc2cccc3ccccc23)CCC1. The number of carbonyl (C=O) groups is 1. The topological polar surface area (TPSA) is 55.1 Å². The molecule has 3 N–H and O–H groups in total. The molecule has 3 nitrogen and oxygen atoms in total. The van der Waals surface area contributed by atoms with Crippen molar-refractivity contribution in [1.82, 2.24) is 5.32 Å². The van der Waals surface area contributed by atoms with Crippen LogP contribution in [0.3, 0.4) is 0 Å². The molecule has 1 aliphatic rings. The van der Waals surface area contributed by atoms with Crippen LogP contribution >= 0.6 is 12.4 Å². The highest BCUT2D eigenvalue weighted by Gasteiger charge is 2.32. The molecule has 3 rings (SSSR count). The third kappa shape index (κ3) is 3.55. The van der Waals surface area contributed by atoms with Gasteiger partial charge in [-0.1, -0.05) is 42.5 Å². The molecule has 1 amide bonds. The van der Waals surface area contributed by atoms with Crippen molar-refractivity contribution in [3.63, 3.8) is 0 Å². The van der Waals surface area contributed by atoms with Gasteiger partial charge >= 0.3 is 0 Å². The molecule has 0 atom stereocenters. The number of benzene rings is 2. The fraction of sp³-hybridized carbons (Fsp3) is 0.353. The number of rotatable bonds is 4. The molecule has 0 spiro atoms. The molecule has 0 heterocycles. The Morgan fingerprint density at radius 2 is 1.86 bits per heavy atom. The Labute approximate surface area is 131 Å². The van der Waals surface area contributed by atoms with Crippen LogP contribution in [0.5, 0.6) is 0 Å². The van der Waals surface area contributed by atoms with E-state index in [1.807, 2.05) is 24.3 Å². The molecule has 0 unspecified atom stereocenters. The lowest BCUT2D eigenvalue weighted by molar-refractivity contribution is -0.120. The summed E-state index contributed by atoms with van der Waals surface area (Å²) in [5.41, 5.74) is 7.03. The van der Waals surface area contributed by atoms with Crippen LogP contribution in [0.15, 0.2) is 42.5 Å². The maximum absolute atomic E-state index is 12.1. The molecular formula is C17H21ClN2O. The highest BCUT2D eigenvalue weighted by Crippen LogP contribution is 2.28. The summed E-state index contributed by atoms with van der Waals surface area (Å²) in [4.78, 5) is 12.1. The first-order chi connectivity index (χ1) is 9.66. The molecule has 4 heteroatoms. The number of amides is 1. The Morgan fingerprint density at radius 3 is 2.57 bits per heavy atom. The van der Waals surface area contributed by atoms with E-state index in [4.69, 9.17) is 5.73 Å². The van der Waals surface area contributed by atoms with Gasteiger partial charge in [-0.3, -0.25) is 4.79 Å². The lowest BCUT2D eigenvalue weighted by Gasteiger charge is -2.38. The van der Waals surface area contributed by atoms with Crippen molar-refractivity contribution in [3.8, 4) is 0 Å². The number of hydrogen-bond donors (Lipinski definition) is 2. The van der Waals surface area contributed by atoms with Crippen molar-refractivity contribution in [2.75, 3.05) is 6.54 Å². The smallest absolute Gasteiger partial charge is 0.224 e. The van der Waals surface area contributed by atoms with Crippen LogP contribution in [-0.2, 0) is 11.2 Å². The van der Waals surface area contributed by atoms with E-state index in [9.17, 15) is 4.79 Å². The lowest BCUT2D eigenvalue weighted by Crippen LogP contribution is -2.55. The lowest BCUT2D eigenvalue weighted by atomic mass is 9.78. The van der Waals surface area contributed by atoms with Crippen LogP contribution in [0, 0.1) is 0 Å². The van der Waals surface area contributed by atoms with E-state index in [1.165, 1.54) is 11.8 Å². The summed E-state index contributed by atoms with van der Waals surface area (Å²) in [5.74, 6) is 0.0538. The Kier molecular flexibility index (Phi) is 4.86. The van der Waals surface area contributed by atoms with E-state index in [2.05, 4.69) is 23.5 Å². The van der Waals surface area contributed by atoms with Crippen molar-refractivity contribution >= 4 is 29.1 Å². The quantitative estimate of drug-likeness (QED) is 0.912. The molecule has 1 aliphatic carbocycles. The molecule has 1 saturated carbocycles. The second-order valence-corrected chi connectivity index (χ2v) is 5.81. The first-order valence-corrected chi connectivity index (χ1v) is 7.19. The molecule has 1 fully saturated rings. The van der Waals surface area contributed by atoms with Gasteiger partial charge in [-0.2, -0.15) is 0 Å². The molecule has 112 valence electrons. The van der Waals surface area contributed by atoms with E-state index in [-0.39, 0.29) is 23.9 Å². The number of halogens is 1. The Bertz CT molecular complexity index is 632. The van der Waals surface area contributed by atoms with Gasteiger partial charge in [0.1, 0.15) is 0 Å². The molecule has 2 aromatic carbocycles. The molecule has 0 aromatic heterocycles. The number of fused-ring (bicyclic) bond motifs is 1. The van der Waals surface area contributed by atoms with Gasteiger partial charge in [-0.25, -0.2) is 0 Å². The largest absolute Gasteiger partial charge is 0.354 e. The van der Waals surface area contributed by atoms with Crippen LogP contribution in [0.25, 0.3) is 10.8 Å². The summed E-state index contributed by atoms with van der Waals surface area (Å²) >= 11 is 0. The second kappa shape index (κ2) is 6.46. The van der Waals surface area contributed by atoms with Gasteiger partial charge in [-0.15, -0.1) is 12.4 Å².